The Morgan fingerprint density at radius 2 is 2.12 bits per heavy atom. The lowest BCUT2D eigenvalue weighted by atomic mass is 10.1. The second-order valence-corrected chi connectivity index (χ2v) is 3.30. The largest absolute Gasteiger partial charge is 0.480 e. The molecule has 5 nitrogen and oxygen atoms in total. The average molecular weight is 235 g/mol. The summed E-state index contributed by atoms with van der Waals surface area (Å²) >= 11 is 0. The number of aromatic nitrogens is 3. The summed E-state index contributed by atoms with van der Waals surface area (Å²) in [7, 11) is 1.46. The molecule has 0 spiro atoms. The van der Waals surface area contributed by atoms with Crippen LogP contribution in [0.3, 0.4) is 0 Å². The van der Waals surface area contributed by atoms with Gasteiger partial charge < -0.3 is 9.84 Å². The monoisotopic (exact) mass is 235 g/mol. The molecular formula is C11H10FN3O2. The fourth-order valence-electron chi connectivity index (χ4n) is 1.35. The molecule has 1 atom stereocenters. The first-order valence-electron chi connectivity index (χ1n) is 4.87. The Morgan fingerprint density at radius 1 is 1.29 bits per heavy atom. The van der Waals surface area contributed by atoms with Gasteiger partial charge in [-0.15, -0.1) is 10.2 Å². The van der Waals surface area contributed by atoms with Crippen molar-refractivity contribution in [2.75, 3.05) is 7.11 Å². The van der Waals surface area contributed by atoms with E-state index in [9.17, 15) is 9.50 Å². The van der Waals surface area contributed by atoms with Gasteiger partial charge in [-0.1, -0.05) is 0 Å². The Balaban J connectivity index is 2.30. The van der Waals surface area contributed by atoms with Crippen LogP contribution in [0.15, 0.2) is 30.6 Å². The van der Waals surface area contributed by atoms with Crippen molar-refractivity contribution in [3.05, 3.63) is 47.7 Å². The maximum absolute atomic E-state index is 13.4. The average Bonchev–Trinajstić information content (AvgIpc) is 2.39. The summed E-state index contributed by atoms with van der Waals surface area (Å²) in [5, 5.41) is 17.4. The van der Waals surface area contributed by atoms with Crippen LogP contribution in [0.4, 0.5) is 4.39 Å². The van der Waals surface area contributed by atoms with Crippen molar-refractivity contribution in [3.63, 3.8) is 0 Å². The van der Waals surface area contributed by atoms with Crippen molar-refractivity contribution in [2.24, 2.45) is 0 Å². The molecule has 2 aromatic rings. The fourth-order valence-corrected chi connectivity index (χ4v) is 1.35. The molecule has 0 aliphatic carbocycles. The van der Waals surface area contributed by atoms with Gasteiger partial charge in [-0.05, 0) is 12.1 Å². The van der Waals surface area contributed by atoms with Crippen LogP contribution in [0.1, 0.15) is 17.4 Å². The van der Waals surface area contributed by atoms with Crippen LogP contribution in [0, 0.1) is 5.82 Å². The van der Waals surface area contributed by atoms with Gasteiger partial charge >= 0.3 is 0 Å². The molecule has 88 valence electrons. The van der Waals surface area contributed by atoms with Crippen LogP contribution in [0.25, 0.3) is 0 Å². The van der Waals surface area contributed by atoms with Gasteiger partial charge in [0.25, 0.3) is 0 Å². The van der Waals surface area contributed by atoms with E-state index in [2.05, 4.69) is 15.2 Å². The zero-order valence-corrected chi connectivity index (χ0v) is 9.04. The van der Waals surface area contributed by atoms with E-state index in [0.717, 1.165) is 6.20 Å². The highest BCUT2D eigenvalue weighted by molar-refractivity contribution is 5.25. The smallest absolute Gasteiger partial charge is 0.233 e. The van der Waals surface area contributed by atoms with Crippen molar-refractivity contribution in [1.82, 2.24) is 15.2 Å². The number of hydrogen-bond donors (Lipinski definition) is 1. The summed E-state index contributed by atoms with van der Waals surface area (Å²) in [6.07, 6.45) is 1.27. The van der Waals surface area contributed by atoms with Crippen LogP contribution in [0.2, 0.25) is 0 Å². The second kappa shape index (κ2) is 4.84. The lowest BCUT2D eigenvalue weighted by Crippen LogP contribution is -2.06. The first kappa shape index (κ1) is 11.4. The normalized spacial score (nSPS) is 12.2. The van der Waals surface area contributed by atoms with Crippen LogP contribution < -0.4 is 4.74 Å². The number of nitrogens with zero attached hydrogens (tertiary/aromatic N) is 3. The Labute approximate surface area is 96.9 Å². The molecule has 1 N–H and O–H groups in total. The molecule has 0 radical (unpaired) electrons. The lowest BCUT2D eigenvalue weighted by molar-refractivity contribution is 0.208. The number of hydrogen-bond acceptors (Lipinski definition) is 5. The first-order valence-corrected chi connectivity index (χ1v) is 4.87. The van der Waals surface area contributed by atoms with Crippen molar-refractivity contribution in [1.29, 1.82) is 0 Å². The van der Waals surface area contributed by atoms with E-state index in [1.54, 1.807) is 6.07 Å². The third kappa shape index (κ3) is 2.36. The number of rotatable bonds is 3. The van der Waals surface area contributed by atoms with Gasteiger partial charge in [0.05, 0.1) is 19.0 Å². The molecule has 2 aromatic heterocycles. The molecule has 17 heavy (non-hydrogen) atoms. The van der Waals surface area contributed by atoms with E-state index >= 15 is 0 Å². The highest BCUT2D eigenvalue weighted by atomic mass is 19.1. The molecule has 0 amide bonds. The molecule has 0 fully saturated rings. The predicted octanol–water partition coefficient (Wildman–Crippen LogP) is 1.10. The number of methoxy groups -OCH3 is 1. The Kier molecular flexibility index (Phi) is 3.24. The van der Waals surface area contributed by atoms with E-state index in [-0.39, 0.29) is 11.3 Å². The summed E-state index contributed by atoms with van der Waals surface area (Å²) in [6, 6.07) is 4.47. The molecule has 0 bridgehead atoms. The molecule has 2 heterocycles. The number of pyridine rings is 1. The standard InChI is InChI=1S/C11H10FN3O2/c1-17-10-3-2-9(14-15-10)11(16)7-4-5-13-6-8(7)12/h2-6,11,16H,1H3. The Morgan fingerprint density at radius 3 is 2.71 bits per heavy atom. The van der Waals surface area contributed by atoms with Crippen LogP contribution in [-0.4, -0.2) is 27.4 Å². The lowest BCUT2D eigenvalue weighted by Gasteiger charge is -2.10. The predicted molar refractivity (Wildman–Crippen MR) is 56.8 cm³/mol. The van der Waals surface area contributed by atoms with Crippen LogP contribution in [-0.2, 0) is 0 Å². The number of halogens is 1. The van der Waals surface area contributed by atoms with Gasteiger partial charge in [0.15, 0.2) is 0 Å². The van der Waals surface area contributed by atoms with Crippen molar-refractivity contribution < 1.29 is 14.2 Å². The van der Waals surface area contributed by atoms with Crippen molar-refractivity contribution in [3.8, 4) is 5.88 Å². The molecule has 0 aliphatic heterocycles. The number of aliphatic hydroxyl groups is 1. The third-order valence-electron chi connectivity index (χ3n) is 2.25. The van der Waals surface area contributed by atoms with Gasteiger partial charge in [-0.3, -0.25) is 4.98 Å². The van der Waals surface area contributed by atoms with Gasteiger partial charge in [-0.25, -0.2) is 4.39 Å². The van der Waals surface area contributed by atoms with Crippen molar-refractivity contribution >= 4 is 0 Å². The topological polar surface area (TPSA) is 68.1 Å². The SMILES string of the molecule is COc1ccc(C(O)c2ccncc2F)nn1. The van der Waals surface area contributed by atoms with E-state index in [1.165, 1.54) is 25.4 Å². The highest BCUT2D eigenvalue weighted by Gasteiger charge is 2.16. The molecule has 1 unspecified atom stereocenters. The maximum atomic E-state index is 13.4. The Hall–Kier alpha value is -2.08. The quantitative estimate of drug-likeness (QED) is 0.862. The van der Waals surface area contributed by atoms with E-state index in [0.29, 0.717) is 5.88 Å². The summed E-state index contributed by atoms with van der Waals surface area (Å²) in [4.78, 5) is 3.61. The van der Waals surface area contributed by atoms with E-state index in [1.807, 2.05) is 0 Å². The zero-order valence-electron chi connectivity index (χ0n) is 9.04. The van der Waals surface area contributed by atoms with E-state index in [4.69, 9.17) is 4.74 Å². The minimum atomic E-state index is -1.17. The summed E-state index contributed by atoms with van der Waals surface area (Å²) in [5.41, 5.74) is 0.357. The van der Waals surface area contributed by atoms with Crippen LogP contribution in [0.5, 0.6) is 5.88 Å². The Bertz CT molecular complexity index is 504. The molecule has 0 saturated heterocycles. The number of aliphatic hydroxyl groups excluding tert-OH is 1. The number of ether oxygens (including phenoxy) is 1. The molecule has 0 aromatic carbocycles. The molecular weight excluding hydrogens is 225 g/mol. The molecule has 6 heteroatoms. The van der Waals surface area contributed by atoms with Gasteiger partial charge in [0.1, 0.15) is 11.9 Å². The summed E-state index contributed by atoms with van der Waals surface area (Å²) in [6.45, 7) is 0. The minimum Gasteiger partial charge on any atom is -0.480 e. The van der Waals surface area contributed by atoms with Crippen LogP contribution >= 0.6 is 0 Å². The highest BCUT2D eigenvalue weighted by Crippen LogP contribution is 2.22. The minimum absolute atomic E-state index is 0.111. The molecule has 0 aliphatic rings. The maximum Gasteiger partial charge on any atom is 0.233 e. The molecule has 2 rings (SSSR count). The molecule has 0 saturated carbocycles. The second-order valence-electron chi connectivity index (χ2n) is 3.30. The van der Waals surface area contributed by atoms with Gasteiger partial charge in [0, 0.05) is 17.8 Å². The third-order valence-corrected chi connectivity index (χ3v) is 2.25. The van der Waals surface area contributed by atoms with Gasteiger partial charge in [-0.2, -0.15) is 0 Å². The van der Waals surface area contributed by atoms with E-state index < -0.39 is 11.9 Å². The summed E-state index contributed by atoms with van der Waals surface area (Å²) in [5.74, 6) is -0.256. The zero-order chi connectivity index (χ0) is 12.3. The summed E-state index contributed by atoms with van der Waals surface area (Å²) < 4.78 is 18.2. The fraction of sp³-hybridized carbons (Fsp3) is 0.182. The van der Waals surface area contributed by atoms with Crippen molar-refractivity contribution in [2.45, 2.75) is 6.10 Å². The first-order chi connectivity index (χ1) is 8.22. The van der Waals surface area contributed by atoms with Gasteiger partial charge in [0.2, 0.25) is 5.88 Å².